The predicted octanol–water partition coefficient (Wildman–Crippen LogP) is 2.29. The highest BCUT2D eigenvalue weighted by atomic mass is 16.5. The van der Waals surface area contributed by atoms with Crippen LogP contribution in [0.15, 0.2) is 54.6 Å². The Balaban J connectivity index is 1.26. The van der Waals surface area contributed by atoms with Gasteiger partial charge in [0.15, 0.2) is 6.61 Å². The summed E-state index contributed by atoms with van der Waals surface area (Å²) in [7, 11) is 0. The summed E-state index contributed by atoms with van der Waals surface area (Å²) in [5, 5.41) is 0. The summed E-state index contributed by atoms with van der Waals surface area (Å²) in [5.41, 5.74) is 2.06. The van der Waals surface area contributed by atoms with Crippen molar-refractivity contribution in [3.05, 3.63) is 60.4 Å². The molecule has 1 N–H and O–H groups in total. The molecule has 134 valence electrons. The highest BCUT2D eigenvalue weighted by Gasteiger charge is 2.22. The quantitative estimate of drug-likeness (QED) is 0.767. The molecule has 1 aromatic heterocycles. The number of fused-ring (bicyclic) bond motifs is 1. The van der Waals surface area contributed by atoms with Crippen LogP contribution in [0.5, 0.6) is 5.75 Å². The van der Waals surface area contributed by atoms with Gasteiger partial charge in [-0.15, -0.1) is 0 Å². The average Bonchev–Trinajstić information content (AvgIpc) is 3.10. The zero-order valence-electron chi connectivity index (χ0n) is 14.6. The number of aromatic nitrogens is 2. The molecular weight excluding hydrogens is 328 g/mol. The second-order valence-electron chi connectivity index (χ2n) is 6.46. The Morgan fingerprint density at radius 3 is 2.50 bits per heavy atom. The molecule has 2 heterocycles. The van der Waals surface area contributed by atoms with Gasteiger partial charge in [-0.3, -0.25) is 9.69 Å². The van der Waals surface area contributed by atoms with Gasteiger partial charge in [0.2, 0.25) is 0 Å². The standard InChI is InChI=1S/C20H22N4O2/c25-20(15-26-16-6-2-1-3-7-16)24-12-10-23(11-13-24)14-19-21-17-8-4-5-9-18(17)22-19/h1-9H,10-15H2,(H,21,22). The fraction of sp³-hybridized carbons (Fsp3) is 0.300. The van der Waals surface area contributed by atoms with Crippen molar-refractivity contribution in [3.8, 4) is 5.75 Å². The number of amides is 1. The Morgan fingerprint density at radius 2 is 1.73 bits per heavy atom. The van der Waals surface area contributed by atoms with Crippen molar-refractivity contribution in [1.29, 1.82) is 0 Å². The lowest BCUT2D eigenvalue weighted by atomic mass is 10.3. The molecule has 2 aromatic carbocycles. The first-order valence-electron chi connectivity index (χ1n) is 8.89. The normalized spacial score (nSPS) is 15.3. The SMILES string of the molecule is O=C(COc1ccccc1)N1CCN(Cc2nc3ccccc3[nH]2)CC1. The van der Waals surface area contributed by atoms with Crippen molar-refractivity contribution >= 4 is 16.9 Å². The molecule has 6 heteroatoms. The van der Waals surface area contributed by atoms with Gasteiger partial charge < -0.3 is 14.6 Å². The average molecular weight is 350 g/mol. The number of nitrogens with zero attached hydrogens (tertiary/aromatic N) is 3. The summed E-state index contributed by atoms with van der Waals surface area (Å²) >= 11 is 0. The lowest BCUT2D eigenvalue weighted by molar-refractivity contribution is -0.135. The van der Waals surface area contributed by atoms with Crippen LogP contribution in [0.3, 0.4) is 0 Å². The molecule has 3 aromatic rings. The summed E-state index contributed by atoms with van der Waals surface area (Å²) in [6, 6.07) is 17.5. The first-order valence-corrected chi connectivity index (χ1v) is 8.89. The van der Waals surface area contributed by atoms with E-state index in [1.165, 1.54) is 0 Å². The van der Waals surface area contributed by atoms with Crippen molar-refractivity contribution in [2.45, 2.75) is 6.54 Å². The number of carbonyl (C=O) groups excluding carboxylic acids is 1. The molecule has 1 amide bonds. The number of nitrogens with one attached hydrogen (secondary N) is 1. The van der Waals surface area contributed by atoms with E-state index in [1.54, 1.807) is 0 Å². The number of aromatic amines is 1. The van der Waals surface area contributed by atoms with Crippen molar-refractivity contribution in [1.82, 2.24) is 19.8 Å². The largest absolute Gasteiger partial charge is 0.484 e. The number of piperazine rings is 1. The molecule has 0 bridgehead atoms. The third kappa shape index (κ3) is 3.86. The minimum Gasteiger partial charge on any atom is -0.484 e. The second kappa shape index (κ2) is 7.58. The number of benzene rings is 2. The molecule has 4 rings (SSSR count). The van der Waals surface area contributed by atoms with Crippen LogP contribution < -0.4 is 4.74 Å². The predicted molar refractivity (Wildman–Crippen MR) is 99.9 cm³/mol. The monoisotopic (exact) mass is 350 g/mol. The Kier molecular flexibility index (Phi) is 4.84. The molecule has 0 saturated carbocycles. The smallest absolute Gasteiger partial charge is 0.260 e. The first kappa shape index (κ1) is 16.6. The number of hydrogen-bond acceptors (Lipinski definition) is 4. The minimum atomic E-state index is 0.0391. The number of ether oxygens (including phenoxy) is 1. The molecular formula is C20H22N4O2. The molecule has 0 aliphatic carbocycles. The second-order valence-corrected chi connectivity index (χ2v) is 6.46. The van der Waals surface area contributed by atoms with E-state index in [2.05, 4.69) is 14.9 Å². The van der Waals surface area contributed by atoms with E-state index in [-0.39, 0.29) is 12.5 Å². The van der Waals surface area contributed by atoms with Crippen LogP contribution in [0, 0.1) is 0 Å². The van der Waals surface area contributed by atoms with Gasteiger partial charge in [0.25, 0.3) is 5.91 Å². The van der Waals surface area contributed by atoms with Gasteiger partial charge in [-0.25, -0.2) is 4.98 Å². The van der Waals surface area contributed by atoms with E-state index < -0.39 is 0 Å². The van der Waals surface area contributed by atoms with E-state index in [4.69, 9.17) is 4.74 Å². The van der Waals surface area contributed by atoms with E-state index in [1.807, 2.05) is 59.5 Å². The Labute approximate surface area is 152 Å². The molecule has 0 unspecified atom stereocenters. The molecule has 0 spiro atoms. The van der Waals surface area contributed by atoms with Crippen LogP contribution in [-0.4, -0.2) is 58.5 Å². The fourth-order valence-corrected chi connectivity index (χ4v) is 3.20. The third-order valence-corrected chi connectivity index (χ3v) is 4.64. The van der Waals surface area contributed by atoms with E-state index >= 15 is 0 Å². The van der Waals surface area contributed by atoms with Gasteiger partial charge in [-0.1, -0.05) is 30.3 Å². The van der Waals surface area contributed by atoms with Gasteiger partial charge in [0.1, 0.15) is 11.6 Å². The summed E-state index contributed by atoms with van der Waals surface area (Å²) in [6.45, 7) is 3.99. The van der Waals surface area contributed by atoms with Crippen LogP contribution in [0.2, 0.25) is 0 Å². The number of imidazole rings is 1. The van der Waals surface area contributed by atoms with Crippen LogP contribution in [0.1, 0.15) is 5.82 Å². The molecule has 0 radical (unpaired) electrons. The number of hydrogen-bond donors (Lipinski definition) is 1. The maximum atomic E-state index is 12.3. The Hall–Kier alpha value is -2.86. The number of H-pyrrole nitrogens is 1. The first-order chi connectivity index (χ1) is 12.8. The van der Waals surface area contributed by atoms with Gasteiger partial charge in [-0.2, -0.15) is 0 Å². The highest BCUT2D eigenvalue weighted by Crippen LogP contribution is 2.13. The topological polar surface area (TPSA) is 61.5 Å². The summed E-state index contributed by atoms with van der Waals surface area (Å²) in [6.07, 6.45) is 0. The summed E-state index contributed by atoms with van der Waals surface area (Å²) in [4.78, 5) is 24.5. The molecule has 1 saturated heterocycles. The zero-order valence-corrected chi connectivity index (χ0v) is 14.6. The van der Waals surface area contributed by atoms with Crippen molar-refractivity contribution in [3.63, 3.8) is 0 Å². The number of para-hydroxylation sites is 3. The minimum absolute atomic E-state index is 0.0391. The number of rotatable bonds is 5. The fourth-order valence-electron chi connectivity index (χ4n) is 3.20. The lowest BCUT2D eigenvalue weighted by Crippen LogP contribution is -2.49. The van der Waals surface area contributed by atoms with Crippen molar-refractivity contribution < 1.29 is 9.53 Å². The molecule has 1 aliphatic rings. The van der Waals surface area contributed by atoms with E-state index in [9.17, 15) is 4.79 Å². The molecule has 0 atom stereocenters. The third-order valence-electron chi connectivity index (χ3n) is 4.64. The van der Waals surface area contributed by atoms with Crippen LogP contribution in [0.4, 0.5) is 0 Å². The van der Waals surface area contributed by atoms with E-state index in [0.29, 0.717) is 0 Å². The molecule has 26 heavy (non-hydrogen) atoms. The molecule has 1 fully saturated rings. The zero-order chi connectivity index (χ0) is 17.8. The molecule has 6 nitrogen and oxygen atoms in total. The highest BCUT2D eigenvalue weighted by molar-refractivity contribution is 5.78. The lowest BCUT2D eigenvalue weighted by Gasteiger charge is -2.34. The van der Waals surface area contributed by atoms with Crippen molar-refractivity contribution in [2.75, 3.05) is 32.8 Å². The van der Waals surface area contributed by atoms with Gasteiger partial charge in [0.05, 0.1) is 17.6 Å². The summed E-state index contributed by atoms with van der Waals surface area (Å²) in [5.74, 6) is 1.74. The summed E-state index contributed by atoms with van der Waals surface area (Å²) < 4.78 is 5.56. The maximum Gasteiger partial charge on any atom is 0.260 e. The van der Waals surface area contributed by atoms with Gasteiger partial charge in [0, 0.05) is 26.2 Å². The maximum absolute atomic E-state index is 12.3. The Morgan fingerprint density at radius 1 is 1.00 bits per heavy atom. The molecule has 1 aliphatic heterocycles. The van der Waals surface area contributed by atoms with Crippen LogP contribution >= 0.6 is 0 Å². The number of carbonyl (C=O) groups is 1. The Bertz CT molecular complexity index is 837. The van der Waals surface area contributed by atoms with Gasteiger partial charge in [-0.05, 0) is 24.3 Å². The van der Waals surface area contributed by atoms with Crippen molar-refractivity contribution in [2.24, 2.45) is 0 Å². The van der Waals surface area contributed by atoms with Crippen LogP contribution in [0.25, 0.3) is 11.0 Å². The van der Waals surface area contributed by atoms with Gasteiger partial charge >= 0.3 is 0 Å². The van der Waals surface area contributed by atoms with E-state index in [0.717, 1.165) is 55.3 Å². The van der Waals surface area contributed by atoms with Crippen LogP contribution in [-0.2, 0) is 11.3 Å².